The standard InChI is InChI=1S/C13H19NO2/c1-10-4-2-3-5-13(10)16-9-12(14)11-6-7-15-8-11/h2-5,11-12H,6-9,14H2,1H3. The second kappa shape index (κ2) is 5.32. The third-order valence-corrected chi connectivity index (χ3v) is 3.10. The lowest BCUT2D eigenvalue weighted by Crippen LogP contribution is -2.36. The van der Waals surface area contributed by atoms with Crippen molar-refractivity contribution in [1.29, 1.82) is 0 Å². The van der Waals surface area contributed by atoms with E-state index in [1.165, 1.54) is 0 Å². The number of ether oxygens (including phenoxy) is 2. The van der Waals surface area contributed by atoms with E-state index >= 15 is 0 Å². The smallest absolute Gasteiger partial charge is 0.122 e. The Morgan fingerprint density at radius 1 is 1.50 bits per heavy atom. The zero-order valence-electron chi connectivity index (χ0n) is 9.69. The number of aryl methyl sites for hydroxylation is 1. The van der Waals surface area contributed by atoms with Crippen LogP contribution in [0.3, 0.4) is 0 Å². The molecule has 2 N–H and O–H groups in total. The Morgan fingerprint density at radius 2 is 2.31 bits per heavy atom. The quantitative estimate of drug-likeness (QED) is 0.842. The Morgan fingerprint density at radius 3 is 3.00 bits per heavy atom. The highest BCUT2D eigenvalue weighted by Gasteiger charge is 2.23. The lowest BCUT2D eigenvalue weighted by molar-refractivity contribution is 0.170. The van der Waals surface area contributed by atoms with Crippen LogP contribution in [0.15, 0.2) is 24.3 Å². The van der Waals surface area contributed by atoms with Crippen molar-refractivity contribution in [2.24, 2.45) is 11.7 Å². The van der Waals surface area contributed by atoms with Crippen molar-refractivity contribution in [1.82, 2.24) is 0 Å². The van der Waals surface area contributed by atoms with Crippen LogP contribution in [0.5, 0.6) is 5.75 Å². The summed E-state index contributed by atoms with van der Waals surface area (Å²) < 4.78 is 11.0. The van der Waals surface area contributed by atoms with Crippen LogP contribution in [-0.4, -0.2) is 25.9 Å². The molecule has 2 unspecified atom stereocenters. The molecular weight excluding hydrogens is 202 g/mol. The van der Waals surface area contributed by atoms with E-state index in [0.29, 0.717) is 12.5 Å². The normalized spacial score (nSPS) is 22.0. The van der Waals surface area contributed by atoms with E-state index < -0.39 is 0 Å². The monoisotopic (exact) mass is 221 g/mol. The van der Waals surface area contributed by atoms with Gasteiger partial charge in [-0.15, -0.1) is 0 Å². The highest BCUT2D eigenvalue weighted by Crippen LogP contribution is 2.19. The number of rotatable bonds is 4. The van der Waals surface area contributed by atoms with Gasteiger partial charge in [-0.05, 0) is 25.0 Å². The summed E-state index contributed by atoms with van der Waals surface area (Å²) in [5.41, 5.74) is 7.22. The van der Waals surface area contributed by atoms with Gasteiger partial charge in [0.15, 0.2) is 0 Å². The zero-order chi connectivity index (χ0) is 11.4. The van der Waals surface area contributed by atoms with Crippen molar-refractivity contribution in [3.8, 4) is 5.75 Å². The summed E-state index contributed by atoms with van der Waals surface area (Å²) >= 11 is 0. The molecule has 0 radical (unpaired) electrons. The van der Waals surface area contributed by atoms with Gasteiger partial charge in [0.1, 0.15) is 12.4 Å². The number of hydrogen-bond donors (Lipinski definition) is 1. The van der Waals surface area contributed by atoms with E-state index in [1.807, 2.05) is 31.2 Å². The van der Waals surface area contributed by atoms with Gasteiger partial charge in [0.05, 0.1) is 6.61 Å². The second-order valence-electron chi connectivity index (χ2n) is 4.36. The molecule has 1 saturated heterocycles. The summed E-state index contributed by atoms with van der Waals surface area (Å²) in [7, 11) is 0. The third kappa shape index (κ3) is 2.74. The van der Waals surface area contributed by atoms with Crippen molar-refractivity contribution in [2.75, 3.05) is 19.8 Å². The zero-order valence-corrected chi connectivity index (χ0v) is 9.69. The van der Waals surface area contributed by atoms with E-state index in [0.717, 1.165) is 30.9 Å². The van der Waals surface area contributed by atoms with Gasteiger partial charge in [0.25, 0.3) is 0 Å². The lowest BCUT2D eigenvalue weighted by Gasteiger charge is -2.18. The fourth-order valence-electron chi connectivity index (χ4n) is 1.93. The number of benzene rings is 1. The van der Waals surface area contributed by atoms with E-state index in [9.17, 15) is 0 Å². The number of para-hydroxylation sites is 1. The molecule has 0 saturated carbocycles. The van der Waals surface area contributed by atoms with Crippen molar-refractivity contribution >= 4 is 0 Å². The van der Waals surface area contributed by atoms with Crippen LogP contribution in [0.1, 0.15) is 12.0 Å². The molecule has 16 heavy (non-hydrogen) atoms. The number of hydrogen-bond acceptors (Lipinski definition) is 3. The fourth-order valence-corrected chi connectivity index (χ4v) is 1.93. The topological polar surface area (TPSA) is 44.5 Å². The summed E-state index contributed by atoms with van der Waals surface area (Å²) in [4.78, 5) is 0. The van der Waals surface area contributed by atoms with Crippen LogP contribution in [-0.2, 0) is 4.74 Å². The number of nitrogens with two attached hydrogens (primary N) is 1. The molecule has 0 spiro atoms. The van der Waals surface area contributed by atoms with Gasteiger partial charge < -0.3 is 15.2 Å². The maximum absolute atomic E-state index is 6.07. The van der Waals surface area contributed by atoms with Crippen LogP contribution in [0.2, 0.25) is 0 Å². The molecular formula is C13H19NO2. The lowest BCUT2D eigenvalue weighted by atomic mass is 10.0. The molecule has 0 aliphatic carbocycles. The van der Waals surface area contributed by atoms with Crippen LogP contribution in [0, 0.1) is 12.8 Å². The average molecular weight is 221 g/mol. The Hall–Kier alpha value is -1.06. The molecule has 1 aromatic rings. The Kier molecular flexibility index (Phi) is 3.80. The predicted molar refractivity (Wildman–Crippen MR) is 63.6 cm³/mol. The molecule has 1 aliphatic heterocycles. The first-order chi connectivity index (χ1) is 7.77. The molecule has 1 aromatic carbocycles. The van der Waals surface area contributed by atoms with Crippen molar-refractivity contribution in [2.45, 2.75) is 19.4 Å². The first-order valence-electron chi connectivity index (χ1n) is 5.79. The highest BCUT2D eigenvalue weighted by molar-refractivity contribution is 5.31. The summed E-state index contributed by atoms with van der Waals surface area (Å²) in [5.74, 6) is 1.38. The van der Waals surface area contributed by atoms with E-state index in [2.05, 4.69) is 0 Å². The van der Waals surface area contributed by atoms with Crippen molar-refractivity contribution in [3.05, 3.63) is 29.8 Å². The molecule has 2 rings (SSSR count). The Labute approximate surface area is 96.5 Å². The molecule has 1 aliphatic rings. The SMILES string of the molecule is Cc1ccccc1OCC(N)C1CCOC1. The molecule has 3 nitrogen and oxygen atoms in total. The molecule has 0 bridgehead atoms. The molecule has 1 fully saturated rings. The van der Waals surface area contributed by atoms with E-state index in [1.54, 1.807) is 0 Å². The first kappa shape index (κ1) is 11.4. The highest BCUT2D eigenvalue weighted by atomic mass is 16.5. The van der Waals surface area contributed by atoms with Gasteiger partial charge in [-0.2, -0.15) is 0 Å². The molecule has 0 aromatic heterocycles. The molecule has 0 amide bonds. The summed E-state index contributed by atoms with van der Waals surface area (Å²) in [6.45, 7) is 4.22. The summed E-state index contributed by atoms with van der Waals surface area (Å²) in [6, 6.07) is 8.08. The third-order valence-electron chi connectivity index (χ3n) is 3.10. The van der Waals surface area contributed by atoms with Crippen molar-refractivity contribution < 1.29 is 9.47 Å². The van der Waals surface area contributed by atoms with Gasteiger partial charge >= 0.3 is 0 Å². The molecule has 1 heterocycles. The summed E-state index contributed by atoms with van der Waals surface area (Å²) in [6.07, 6.45) is 1.05. The van der Waals surface area contributed by atoms with Gasteiger partial charge in [0.2, 0.25) is 0 Å². The van der Waals surface area contributed by atoms with Gasteiger partial charge in [-0.25, -0.2) is 0 Å². The maximum Gasteiger partial charge on any atom is 0.122 e. The Balaban J connectivity index is 1.84. The minimum absolute atomic E-state index is 0.0714. The van der Waals surface area contributed by atoms with Crippen LogP contribution >= 0.6 is 0 Å². The first-order valence-corrected chi connectivity index (χ1v) is 5.79. The minimum atomic E-state index is 0.0714. The average Bonchev–Trinajstić information content (AvgIpc) is 2.81. The minimum Gasteiger partial charge on any atom is -0.492 e. The maximum atomic E-state index is 6.07. The molecule has 2 atom stereocenters. The predicted octanol–water partition coefficient (Wildman–Crippen LogP) is 1.74. The van der Waals surface area contributed by atoms with E-state index in [-0.39, 0.29) is 6.04 Å². The molecule has 88 valence electrons. The van der Waals surface area contributed by atoms with Crippen LogP contribution in [0.4, 0.5) is 0 Å². The van der Waals surface area contributed by atoms with E-state index in [4.69, 9.17) is 15.2 Å². The van der Waals surface area contributed by atoms with Gasteiger partial charge in [0, 0.05) is 18.6 Å². The largest absolute Gasteiger partial charge is 0.492 e. The Bertz CT molecular complexity index is 334. The molecule has 3 heteroatoms. The van der Waals surface area contributed by atoms with Crippen LogP contribution < -0.4 is 10.5 Å². The van der Waals surface area contributed by atoms with Crippen molar-refractivity contribution in [3.63, 3.8) is 0 Å². The summed E-state index contributed by atoms with van der Waals surface area (Å²) in [5, 5.41) is 0. The second-order valence-corrected chi connectivity index (χ2v) is 4.36. The van der Waals surface area contributed by atoms with Crippen LogP contribution in [0.25, 0.3) is 0 Å². The fraction of sp³-hybridized carbons (Fsp3) is 0.538. The van der Waals surface area contributed by atoms with Gasteiger partial charge in [-0.3, -0.25) is 0 Å². The van der Waals surface area contributed by atoms with Gasteiger partial charge in [-0.1, -0.05) is 18.2 Å².